The Bertz CT molecular complexity index is 309. The van der Waals surface area contributed by atoms with E-state index in [0.29, 0.717) is 12.6 Å². The zero-order valence-corrected chi connectivity index (χ0v) is 11.5. The number of urea groups is 1. The predicted octanol–water partition coefficient (Wildman–Crippen LogP) is 2.21. The monoisotopic (exact) mass is 256 g/mol. The van der Waals surface area contributed by atoms with E-state index in [1.165, 1.54) is 12.8 Å². The van der Waals surface area contributed by atoms with Crippen LogP contribution in [-0.4, -0.2) is 40.1 Å². The molecule has 0 aromatic carbocycles. The molecule has 0 bridgehead atoms. The summed E-state index contributed by atoms with van der Waals surface area (Å²) in [6.07, 6.45) is 4.39. The van der Waals surface area contributed by atoms with Crippen molar-refractivity contribution in [1.82, 2.24) is 10.2 Å². The van der Waals surface area contributed by atoms with E-state index in [9.17, 15) is 9.59 Å². The fourth-order valence-electron chi connectivity index (χ4n) is 2.57. The Kier molecular flexibility index (Phi) is 4.99. The molecule has 1 aliphatic rings. The molecule has 5 heteroatoms. The number of carbonyl (C=O) groups is 2. The molecular weight excluding hydrogens is 232 g/mol. The Morgan fingerprint density at radius 1 is 1.33 bits per heavy atom. The van der Waals surface area contributed by atoms with Crippen LogP contribution in [0.3, 0.4) is 0 Å². The van der Waals surface area contributed by atoms with Crippen LogP contribution >= 0.6 is 0 Å². The number of amides is 2. The molecule has 1 rings (SSSR count). The van der Waals surface area contributed by atoms with Crippen LogP contribution in [0.4, 0.5) is 4.79 Å². The lowest BCUT2D eigenvalue weighted by atomic mass is 10.0. The Hall–Kier alpha value is -1.26. The third kappa shape index (κ3) is 4.20. The van der Waals surface area contributed by atoms with Crippen molar-refractivity contribution in [3.63, 3.8) is 0 Å². The van der Waals surface area contributed by atoms with Gasteiger partial charge in [0.2, 0.25) is 0 Å². The first-order chi connectivity index (χ1) is 8.35. The maximum Gasteiger partial charge on any atom is 0.318 e. The van der Waals surface area contributed by atoms with Crippen molar-refractivity contribution in [3.05, 3.63) is 0 Å². The third-order valence-electron chi connectivity index (χ3n) is 3.41. The number of aliphatic carboxylic acids is 1. The summed E-state index contributed by atoms with van der Waals surface area (Å²) >= 11 is 0. The van der Waals surface area contributed by atoms with Crippen molar-refractivity contribution >= 4 is 12.0 Å². The Balaban J connectivity index is 2.58. The molecule has 0 unspecified atom stereocenters. The number of carboxylic acid groups (broad SMARTS) is 1. The summed E-state index contributed by atoms with van der Waals surface area (Å²) in [4.78, 5) is 24.7. The molecule has 2 N–H and O–H groups in total. The van der Waals surface area contributed by atoms with Crippen molar-refractivity contribution < 1.29 is 14.7 Å². The van der Waals surface area contributed by atoms with Crippen LogP contribution in [0.2, 0.25) is 0 Å². The largest absolute Gasteiger partial charge is 0.481 e. The predicted molar refractivity (Wildman–Crippen MR) is 69.5 cm³/mol. The molecule has 0 saturated heterocycles. The molecule has 1 fully saturated rings. The minimum absolute atomic E-state index is 0.0685. The number of nitrogens with one attached hydrogen (secondary N) is 1. The van der Waals surface area contributed by atoms with Gasteiger partial charge in [-0.1, -0.05) is 12.8 Å². The lowest BCUT2D eigenvalue weighted by Crippen LogP contribution is -2.53. The molecule has 0 aromatic heterocycles. The van der Waals surface area contributed by atoms with Gasteiger partial charge in [0.25, 0.3) is 0 Å². The van der Waals surface area contributed by atoms with Crippen LogP contribution in [0.1, 0.15) is 52.9 Å². The first-order valence-electron chi connectivity index (χ1n) is 6.66. The lowest BCUT2D eigenvalue weighted by molar-refractivity contribution is -0.138. The van der Waals surface area contributed by atoms with Crippen LogP contribution < -0.4 is 5.32 Å². The molecule has 5 nitrogen and oxygen atoms in total. The molecule has 0 heterocycles. The average Bonchev–Trinajstić information content (AvgIpc) is 2.68. The van der Waals surface area contributed by atoms with E-state index in [4.69, 9.17) is 5.11 Å². The maximum atomic E-state index is 12.2. The summed E-state index contributed by atoms with van der Waals surface area (Å²) in [5.41, 5.74) is -0.713. The second-order valence-corrected chi connectivity index (χ2v) is 5.61. The smallest absolute Gasteiger partial charge is 0.318 e. The number of hydrogen-bond donors (Lipinski definition) is 2. The highest BCUT2D eigenvalue weighted by Crippen LogP contribution is 2.23. The molecular formula is C13H24N2O3. The summed E-state index contributed by atoms with van der Waals surface area (Å²) in [6.45, 7) is 6.10. The van der Waals surface area contributed by atoms with E-state index < -0.39 is 11.5 Å². The van der Waals surface area contributed by atoms with Crippen molar-refractivity contribution in [3.8, 4) is 0 Å². The number of nitrogens with zero attached hydrogens (tertiary/aromatic N) is 1. The third-order valence-corrected chi connectivity index (χ3v) is 3.41. The summed E-state index contributed by atoms with van der Waals surface area (Å²) in [7, 11) is 0. The lowest BCUT2D eigenvalue weighted by Gasteiger charge is -2.32. The highest BCUT2D eigenvalue weighted by Gasteiger charge is 2.30. The van der Waals surface area contributed by atoms with Crippen molar-refractivity contribution in [2.45, 2.75) is 64.5 Å². The van der Waals surface area contributed by atoms with E-state index in [-0.39, 0.29) is 12.5 Å². The highest BCUT2D eigenvalue weighted by atomic mass is 16.4. The maximum absolute atomic E-state index is 12.2. The van der Waals surface area contributed by atoms with E-state index in [1.807, 2.05) is 11.8 Å². The molecule has 104 valence electrons. The first kappa shape index (κ1) is 14.8. The van der Waals surface area contributed by atoms with Crippen LogP contribution in [-0.2, 0) is 4.79 Å². The molecule has 0 aromatic rings. The van der Waals surface area contributed by atoms with Crippen molar-refractivity contribution in [2.75, 3.05) is 6.54 Å². The van der Waals surface area contributed by atoms with Gasteiger partial charge in [0, 0.05) is 18.1 Å². The minimum Gasteiger partial charge on any atom is -0.481 e. The molecule has 0 aliphatic heterocycles. The zero-order valence-electron chi connectivity index (χ0n) is 11.5. The molecule has 1 aliphatic carbocycles. The summed E-state index contributed by atoms with van der Waals surface area (Å²) < 4.78 is 0. The number of carboxylic acids is 1. The fraction of sp³-hybridized carbons (Fsp3) is 0.846. The summed E-state index contributed by atoms with van der Waals surface area (Å²) in [5.74, 6) is -0.899. The van der Waals surface area contributed by atoms with Gasteiger partial charge in [-0.3, -0.25) is 4.79 Å². The molecule has 0 radical (unpaired) electrons. The number of rotatable bonds is 5. The standard InChI is InChI=1S/C13H24N2O3/c1-4-15(10-7-5-6-8-10)12(18)14-13(2,3)9-11(16)17/h10H,4-9H2,1-3H3,(H,14,18)(H,16,17). The number of carbonyl (C=O) groups excluding carboxylic acids is 1. The van der Waals surface area contributed by atoms with E-state index >= 15 is 0 Å². The van der Waals surface area contributed by atoms with Gasteiger partial charge in [-0.15, -0.1) is 0 Å². The molecule has 0 atom stereocenters. The SMILES string of the molecule is CCN(C(=O)NC(C)(C)CC(=O)O)C1CCCC1. The topological polar surface area (TPSA) is 69.6 Å². The van der Waals surface area contributed by atoms with Crippen molar-refractivity contribution in [1.29, 1.82) is 0 Å². The van der Waals surface area contributed by atoms with Gasteiger partial charge in [0.15, 0.2) is 0 Å². The molecule has 0 spiro atoms. The quantitative estimate of drug-likeness (QED) is 0.792. The van der Waals surface area contributed by atoms with E-state index in [2.05, 4.69) is 5.32 Å². The van der Waals surface area contributed by atoms with E-state index in [1.54, 1.807) is 13.8 Å². The van der Waals surface area contributed by atoms with Crippen LogP contribution in [0.15, 0.2) is 0 Å². The van der Waals surface area contributed by atoms with Gasteiger partial charge in [-0.05, 0) is 33.6 Å². The Labute approximate surface area is 109 Å². The second kappa shape index (κ2) is 6.07. The second-order valence-electron chi connectivity index (χ2n) is 5.61. The Morgan fingerprint density at radius 2 is 1.89 bits per heavy atom. The zero-order chi connectivity index (χ0) is 13.8. The first-order valence-corrected chi connectivity index (χ1v) is 6.66. The van der Waals surface area contributed by atoms with Crippen LogP contribution in [0.5, 0.6) is 0 Å². The molecule has 18 heavy (non-hydrogen) atoms. The van der Waals surface area contributed by atoms with Crippen molar-refractivity contribution in [2.24, 2.45) is 0 Å². The molecule has 2 amide bonds. The highest BCUT2D eigenvalue weighted by molar-refractivity contribution is 5.77. The van der Waals surface area contributed by atoms with Gasteiger partial charge in [-0.2, -0.15) is 0 Å². The van der Waals surface area contributed by atoms with Gasteiger partial charge in [0.1, 0.15) is 0 Å². The fourth-order valence-corrected chi connectivity index (χ4v) is 2.57. The van der Waals surface area contributed by atoms with Crippen LogP contribution in [0.25, 0.3) is 0 Å². The summed E-state index contributed by atoms with van der Waals surface area (Å²) in [6, 6.07) is 0.172. The summed E-state index contributed by atoms with van der Waals surface area (Å²) in [5, 5.41) is 11.6. The van der Waals surface area contributed by atoms with Crippen LogP contribution in [0, 0.1) is 0 Å². The molecule has 1 saturated carbocycles. The van der Waals surface area contributed by atoms with E-state index in [0.717, 1.165) is 12.8 Å². The van der Waals surface area contributed by atoms with Gasteiger partial charge < -0.3 is 15.3 Å². The normalized spacial score (nSPS) is 16.6. The van der Waals surface area contributed by atoms with Gasteiger partial charge in [0.05, 0.1) is 6.42 Å². The Morgan fingerprint density at radius 3 is 2.33 bits per heavy atom. The van der Waals surface area contributed by atoms with Gasteiger partial charge >= 0.3 is 12.0 Å². The van der Waals surface area contributed by atoms with Gasteiger partial charge in [-0.25, -0.2) is 4.79 Å². The average molecular weight is 256 g/mol. The minimum atomic E-state index is -0.899. The number of hydrogen-bond acceptors (Lipinski definition) is 2.